The molecule has 0 bridgehead atoms. The fourth-order valence-electron chi connectivity index (χ4n) is 0.552. The van der Waals surface area contributed by atoms with Gasteiger partial charge in [0.1, 0.15) is 0 Å². The van der Waals surface area contributed by atoms with Crippen molar-refractivity contribution in [2.45, 2.75) is 38.7 Å². The smallest absolute Gasteiger partial charge is 0.0222 e. The van der Waals surface area contributed by atoms with Crippen molar-refractivity contribution in [3.05, 3.63) is 0 Å². The molecule has 0 nitrogen and oxygen atoms in total. The van der Waals surface area contributed by atoms with Gasteiger partial charge >= 0.3 is 0 Å². The summed E-state index contributed by atoms with van der Waals surface area (Å²) in [6, 6.07) is 1.17. The van der Waals surface area contributed by atoms with E-state index in [1.54, 1.807) is 0 Å². The molecule has 0 aliphatic heterocycles. The minimum Gasteiger partial charge on any atom is -0.0654 e. The summed E-state index contributed by atoms with van der Waals surface area (Å²) < 4.78 is 0. The van der Waals surface area contributed by atoms with E-state index >= 15 is 0 Å². The second-order valence-corrected chi connectivity index (χ2v) is 2.31. The highest BCUT2D eigenvalue weighted by Crippen LogP contribution is 1.99. The zero-order valence-corrected chi connectivity index (χ0v) is 6.04. The number of unbranched alkanes of at least 4 members (excludes halogenated alkanes) is 3. The van der Waals surface area contributed by atoms with Crippen LogP contribution in [0.15, 0.2) is 0 Å². The fourth-order valence-corrected chi connectivity index (χ4v) is 0.802. The average Bonchev–Trinajstić information content (AvgIpc) is 1.69. The first kappa shape index (κ1) is 7.22. The van der Waals surface area contributed by atoms with Gasteiger partial charge in [-0.15, -0.1) is 0 Å². The molecule has 0 amide bonds. The van der Waals surface area contributed by atoms with Crippen LogP contribution in [0.3, 0.4) is 0 Å². The Hall–Kier alpha value is 0.217. The van der Waals surface area contributed by atoms with Gasteiger partial charge in [0.25, 0.3) is 0 Å². The third-order valence-corrected chi connectivity index (χ3v) is 1.38. The Balaban J connectivity index is 2.45. The molecule has 0 heterocycles. The Kier molecular flexibility index (Phi) is 6.41. The van der Waals surface area contributed by atoms with Crippen molar-refractivity contribution in [3.8, 4) is 0 Å². The largest absolute Gasteiger partial charge is 0.0654 e. The van der Waals surface area contributed by atoms with E-state index in [9.17, 15) is 0 Å². The van der Waals surface area contributed by atoms with Crippen LogP contribution in [-0.4, -0.2) is 10.2 Å². The molecule has 1 heteroatoms. The molecule has 0 rings (SSSR count). The normalized spacial score (nSPS) is 9.43. The molecule has 0 fully saturated rings. The molecule has 0 aromatic carbocycles. The van der Waals surface area contributed by atoms with Gasteiger partial charge in [-0.2, -0.15) is 0 Å². The van der Waals surface area contributed by atoms with Crippen molar-refractivity contribution in [2.75, 3.05) is 0 Å². The second kappa shape index (κ2) is 6.22. The van der Waals surface area contributed by atoms with Crippen molar-refractivity contribution in [2.24, 2.45) is 0 Å². The van der Waals surface area contributed by atoms with Crippen molar-refractivity contribution in [1.29, 1.82) is 0 Å². The lowest BCUT2D eigenvalue weighted by Crippen LogP contribution is -1.72. The molecule has 0 saturated heterocycles. The van der Waals surface area contributed by atoms with Crippen molar-refractivity contribution in [3.63, 3.8) is 0 Å². The first-order valence-electron chi connectivity index (χ1n) is 3.06. The summed E-state index contributed by atoms with van der Waals surface area (Å²) in [5.41, 5.74) is 0. The van der Waals surface area contributed by atoms with Gasteiger partial charge in [-0.25, -0.2) is 0 Å². The van der Waals surface area contributed by atoms with E-state index < -0.39 is 0 Å². The van der Waals surface area contributed by atoms with Crippen LogP contribution in [-0.2, 0) is 0 Å². The summed E-state index contributed by atoms with van der Waals surface area (Å²) in [7, 11) is 3.42. The van der Waals surface area contributed by atoms with E-state index in [4.69, 9.17) is 0 Å². The highest BCUT2D eigenvalue weighted by Gasteiger charge is 1.80. The predicted octanol–water partition coefficient (Wildman–Crippen LogP) is 2.15. The maximum atomic E-state index is 3.42. The lowest BCUT2D eigenvalue weighted by molar-refractivity contribution is 0.701. The summed E-state index contributed by atoms with van der Waals surface area (Å²) >= 11 is 0. The standard InChI is InChI=1S/C6H13Si/c1-2-3-4-5-6-7/h2-6H2,1H3. The van der Waals surface area contributed by atoms with Gasteiger partial charge in [-0.1, -0.05) is 38.7 Å². The topological polar surface area (TPSA) is 0 Å². The van der Waals surface area contributed by atoms with E-state index in [1.165, 1.54) is 31.7 Å². The zero-order valence-electron chi connectivity index (χ0n) is 5.04. The van der Waals surface area contributed by atoms with Crippen LogP contribution in [0.2, 0.25) is 6.04 Å². The van der Waals surface area contributed by atoms with E-state index in [-0.39, 0.29) is 0 Å². The summed E-state index contributed by atoms with van der Waals surface area (Å²) in [5.74, 6) is 0. The second-order valence-electron chi connectivity index (χ2n) is 1.81. The average molecular weight is 113 g/mol. The van der Waals surface area contributed by atoms with Crippen LogP contribution >= 0.6 is 0 Å². The van der Waals surface area contributed by atoms with Crippen molar-refractivity contribution in [1.82, 2.24) is 0 Å². The van der Waals surface area contributed by atoms with Gasteiger partial charge in [0.05, 0.1) is 0 Å². The SMILES string of the molecule is CCCCCC[Si]. The Morgan fingerprint density at radius 3 is 2.29 bits per heavy atom. The Morgan fingerprint density at radius 2 is 1.86 bits per heavy atom. The van der Waals surface area contributed by atoms with Crippen LogP contribution in [0.5, 0.6) is 0 Å². The van der Waals surface area contributed by atoms with E-state index in [1.807, 2.05) is 0 Å². The zero-order chi connectivity index (χ0) is 5.54. The molecule has 0 saturated carbocycles. The molecule has 0 aliphatic rings. The van der Waals surface area contributed by atoms with E-state index in [2.05, 4.69) is 17.2 Å². The van der Waals surface area contributed by atoms with Gasteiger partial charge in [-0.3, -0.25) is 0 Å². The van der Waals surface area contributed by atoms with Crippen molar-refractivity contribution >= 4 is 10.2 Å². The van der Waals surface area contributed by atoms with E-state index in [0.717, 1.165) is 0 Å². The molecule has 0 N–H and O–H groups in total. The Morgan fingerprint density at radius 1 is 1.14 bits per heavy atom. The molecule has 0 spiro atoms. The molecule has 0 aromatic heterocycles. The van der Waals surface area contributed by atoms with Crippen molar-refractivity contribution < 1.29 is 0 Å². The third-order valence-electron chi connectivity index (χ3n) is 1.03. The molecule has 7 heavy (non-hydrogen) atoms. The molecule has 3 radical (unpaired) electrons. The van der Waals surface area contributed by atoms with E-state index in [0.29, 0.717) is 0 Å². The van der Waals surface area contributed by atoms with Crippen LogP contribution < -0.4 is 0 Å². The minimum absolute atomic E-state index is 1.17. The van der Waals surface area contributed by atoms with Gasteiger partial charge in [-0.05, 0) is 0 Å². The maximum Gasteiger partial charge on any atom is 0.0222 e. The summed E-state index contributed by atoms with van der Waals surface area (Å²) in [5, 5.41) is 0. The highest BCUT2D eigenvalue weighted by molar-refractivity contribution is 6.08. The van der Waals surface area contributed by atoms with Gasteiger partial charge in [0, 0.05) is 10.2 Å². The number of hydrogen-bond acceptors (Lipinski definition) is 0. The summed E-state index contributed by atoms with van der Waals surface area (Å²) in [6.45, 7) is 2.23. The molecule has 41 valence electrons. The number of hydrogen-bond donors (Lipinski definition) is 0. The third kappa shape index (κ3) is 6.22. The summed E-state index contributed by atoms with van der Waals surface area (Å²) in [4.78, 5) is 0. The van der Waals surface area contributed by atoms with Gasteiger partial charge < -0.3 is 0 Å². The predicted molar refractivity (Wildman–Crippen MR) is 34.7 cm³/mol. The molecule has 0 atom stereocenters. The molecular weight excluding hydrogens is 100 g/mol. The number of rotatable bonds is 4. The van der Waals surface area contributed by atoms with Gasteiger partial charge in [0.2, 0.25) is 0 Å². The first-order chi connectivity index (χ1) is 3.41. The molecular formula is C6H13Si. The van der Waals surface area contributed by atoms with Crippen LogP contribution in [0, 0.1) is 0 Å². The van der Waals surface area contributed by atoms with Crippen LogP contribution in [0.4, 0.5) is 0 Å². The fraction of sp³-hybridized carbons (Fsp3) is 1.00. The van der Waals surface area contributed by atoms with Crippen LogP contribution in [0.1, 0.15) is 32.6 Å². The lowest BCUT2D eigenvalue weighted by Gasteiger charge is -1.90. The lowest BCUT2D eigenvalue weighted by atomic mass is 10.2. The minimum atomic E-state index is 1.17. The molecule has 0 unspecified atom stereocenters. The maximum absolute atomic E-state index is 3.42. The molecule has 0 aliphatic carbocycles. The van der Waals surface area contributed by atoms with Crippen LogP contribution in [0.25, 0.3) is 0 Å². The summed E-state index contributed by atoms with van der Waals surface area (Å²) in [6.07, 6.45) is 5.46. The van der Waals surface area contributed by atoms with Gasteiger partial charge in [0.15, 0.2) is 0 Å². The monoisotopic (exact) mass is 113 g/mol. The highest BCUT2D eigenvalue weighted by atomic mass is 28.1. The Labute approximate surface area is 49.7 Å². The first-order valence-corrected chi connectivity index (χ1v) is 3.77. The molecule has 0 aromatic rings. The Bertz CT molecular complexity index is 23.4. The quantitative estimate of drug-likeness (QED) is 0.387.